The number of ketones is 1. The number of benzene rings is 7. The molecule has 0 unspecified atom stereocenters. The summed E-state index contributed by atoms with van der Waals surface area (Å²) in [4.78, 5) is 13.9. The van der Waals surface area contributed by atoms with Crippen molar-refractivity contribution in [2.75, 3.05) is 0 Å². The molecule has 38 heavy (non-hydrogen) atoms. The lowest BCUT2D eigenvalue weighted by Gasteiger charge is -2.18. The first kappa shape index (κ1) is 22.4. The number of aryl methyl sites for hydroxylation is 2. The molecule has 0 aliphatic heterocycles. The molecular formula is C37H26O. The highest BCUT2D eigenvalue weighted by Crippen LogP contribution is 2.36. The van der Waals surface area contributed by atoms with E-state index in [1.54, 1.807) is 0 Å². The van der Waals surface area contributed by atoms with Crippen LogP contribution in [0.3, 0.4) is 0 Å². The monoisotopic (exact) mass is 486 g/mol. The van der Waals surface area contributed by atoms with E-state index >= 15 is 0 Å². The summed E-state index contributed by atoms with van der Waals surface area (Å²) >= 11 is 0. The number of hydrogen-bond acceptors (Lipinski definition) is 1. The van der Waals surface area contributed by atoms with E-state index in [9.17, 15) is 4.79 Å². The molecule has 0 atom stereocenters. The fraction of sp³-hybridized carbons (Fsp3) is 0.0541. The summed E-state index contributed by atoms with van der Waals surface area (Å²) < 4.78 is 0. The smallest absolute Gasteiger partial charge is 0.194 e. The lowest BCUT2D eigenvalue weighted by atomic mass is 9.85. The van der Waals surface area contributed by atoms with E-state index in [0.29, 0.717) is 0 Å². The normalized spacial score (nSPS) is 11.5. The van der Waals surface area contributed by atoms with Crippen LogP contribution in [0.1, 0.15) is 27.0 Å². The molecule has 0 saturated carbocycles. The van der Waals surface area contributed by atoms with Crippen LogP contribution in [0.25, 0.3) is 43.1 Å². The first-order valence-electron chi connectivity index (χ1n) is 13.2. The van der Waals surface area contributed by atoms with Crippen molar-refractivity contribution < 1.29 is 4.79 Å². The molecule has 1 nitrogen and oxygen atoms in total. The summed E-state index contributed by atoms with van der Waals surface area (Å²) in [6, 6.07) is 46.2. The van der Waals surface area contributed by atoms with Gasteiger partial charge in [-0.15, -0.1) is 0 Å². The standard InChI is InChI=1S/C37H26O/c38-37(25-12-2-1-3-13-25)36-34-20-10-8-18-30(34)33(31-19-9-11-21-35(31)36)23-22-32-28-16-6-4-14-26(28)24-27-15-5-7-17-29(27)32/h1-21,24H,22-23H2. The van der Waals surface area contributed by atoms with Gasteiger partial charge in [0.2, 0.25) is 0 Å². The van der Waals surface area contributed by atoms with Crippen molar-refractivity contribution in [2.24, 2.45) is 0 Å². The zero-order valence-electron chi connectivity index (χ0n) is 21.0. The van der Waals surface area contributed by atoms with Gasteiger partial charge in [0.25, 0.3) is 0 Å². The van der Waals surface area contributed by atoms with Gasteiger partial charge in [-0.25, -0.2) is 0 Å². The maximum absolute atomic E-state index is 13.9. The summed E-state index contributed by atoms with van der Waals surface area (Å²) in [5.74, 6) is 0.0737. The molecule has 0 radical (unpaired) electrons. The minimum Gasteiger partial charge on any atom is -0.289 e. The quantitative estimate of drug-likeness (QED) is 0.175. The second kappa shape index (κ2) is 9.28. The Hall–Kier alpha value is -4.75. The van der Waals surface area contributed by atoms with Crippen LogP contribution in [0.5, 0.6) is 0 Å². The maximum atomic E-state index is 13.9. The summed E-state index contributed by atoms with van der Waals surface area (Å²) in [6.07, 6.45) is 1.81. The Balaban J connectivity index is 1.44. The number of carbonyl (C=O) groups is 1. The molecule has 180 valence electrons. The Kier molecular flexibility index (Phi) is 5.48. The van der Waals surface area contributed by atoms with E-state index in [1.807, 2.05) is 42.5 Å². The Bertz CT molecular complexity index is 1870. The molecule has 0 bridgehead atoms. The van der Waals surface area contributed by atoms with Gasteiger partial charge in [-0.3, -0.25) is 4.79 Å². The molecule has 0 aromatic heterocycles. The third kappa shape index (κ3) is 3.67. The van der Waals surface area contributed by atoms with Crippen LogP contribution in [-0.4, -0.2) is 5.78 Å². The van der Waals surface area contributed by atoms with Gasteiger partial charge in [0.05, 0.1) is 0 Å². The molecule has 0 aliphatic rings. The van der Waals surface area contributed by atoms with Gasteiger partial charge in [0.1, 0.15) is 0 Å². The van der Waals surface area contributed by atoms with Gasteiger partial charge >= 0.3 is 0 Å². The first-order valence-corrected chi connectivity index (χ1v) is 13.2. The molecule has 0 aliphatic carbocycles. The molecule has 0 amide bonds. The van der Waals surface area contributed by atoms with Crippen molar-refractivity contribution in [1.29, 1.82) is 0 Å². The Labute approximate surface area is 222 Å². The highest BCUT2D eigenvalue weighted by molar-refractivity contribution is 6.25. The Morgan fingerprint density at radius 3 is 1.34 bits per heavy atom. The molecule has 0 fully saturated rings. The maximum Gasteiger partial charge on any atom is 0.194 e. The zero-order chi connectivity index (χ0) is 25.5. The van der Waals surface area contributed by atoms with E-state index < -0.39 is 0 Å². The van der Waals surface area contributed by atoms with Crippen LogP contribution in [0.4, 0.5) is 0 Å². The van der Waals surface area contributed by atoms with Crippen molar-refractivity contribution in [3.05, 3.63) is 156 Å². The highest BCUT2D eigenvalue weighted by Gasteiger charge is 2.20. The molecule has 7 rings (SSSR count). The largest absolute Gasteiger partial charge is 0.289 e. The highest BCUT2D eigenvalue weighted by atomic mass is 16.1. The van der Waals surface area contributed by atoms with Gasteiger partial charge in [0.15, 0.2) is 5.78 Å². The van der Waals surface area contributed by atoms with Crippen molar-refractivity contribution >= 4 is 48.9 Å². The van der Waals surface area contributed by atoms with Gasteiger partial charge in [-0.05, 0) is 73.1 Å². The average molecular weight is 487 g/mol. The summed E-state index contributed by atoms with van der Waals surface area (Å²) in [6.45, 7) is 0. The number of fused-ring (bicyclic) bond motifs is 4. The summed E-state index contributed by atoms with van der Waals surface area (Å²) in [5, 5.41) is 9.56. The van der Waals surface area contributed by atoms with E-state index in [-0.39, 0.29) is 5.78 Å². The molecule has 0 N–H and O–H groups in total. The lowest BCUT2D eigenvalue weighted by molar-refractivity contribution is 0.104. The fourth-order valence-corrected chi connectivity index (χ4v) is 6.09. The lowest BCUT2D eigenvalue weighted by Crippen LogP contribution is -2.06. The van der Waals surface area contributed by atoms with E-state index in [2.05, 4.69) is 91.0 Å². The molecule has 0 saturated heterocycles. The van der Waals surface area contributed by atoms with Crippen LogP contribution in [0.2, 0.25) is 0 Å². The third-order valence-corrected chi connectivity index (χ3v) is 7.81. The average Bonchev–Trinajstić information content (AvgIpc) is 2.98. The van der Waals surface area contributed by atoms with Crippen LogP contribution in [-0.2, 0) is 12.8 Å². The van der Waals surface area contributed by atoms with Crippen LogP contribution in [0.15, 0.2) is 133 Å². The number of hydrogen-bond donors (Lipinski definition) is 0. The van der Waals surface area contributed by atoms with Gasteiger partial charge in [-0.1, -0.05) is 127 Å². The topological polar surface area (TPSA) is 17.1 Å². The number of rotatable bonds is 5. The molecule has 7 aromatic carbocycles. The Morgan fingerprint density at radius 2 is 0.816 bits per heavy atom. The SMILES string of the molecule is O=C(c1ccccc1)c1c2ccccc2c(CCc2c3ccccc3cc3ccccc23)c2ccccc12. The van der Waals surface area contributed by atoms with Gasteiger partial charge in [-0.2, -0.15) is 0 Å². The van der Waals surface area contributed by atoms with Gasteiger partial charge in [0, 0.05) is 11.1 Å². The van der Waals surface area contributed by atoms with Crippen molar-refractivity contribution in [3.8, 4) is 0 Å². The minimum atomic E-state index is 0.0737. The van der Waals surface area contributed by atoms with Crippen molar-refractivity contribution in [1.82, 2.24) is 0 Å². The second-order valence-corrected chi connectivity index (χ2v) is 9.94. The molecule has 0 spiro atoms. The van der Waals surface area contributed by atoms with E-state index in [0.717, 1.165) is 45.5 Å². The second-order valence-electron chi connectivity index (χ2n) is 9.94. The predicted octanol–water partition coefficient (Wildman–Crippen LogP) is 9.32. The Morgan fingerprint density at radius 1 is 0.421 bits per heavy atom. The first-order chi connectivity index (χ1) is 18.8. The van der Waals surface area contributed by atoms with Crippen LogP contribution < -0.4 is 0 Å². The third-order valence-electron chi connectivity index (χ3n) is 7.81. The minimum absolute atomic E-state index is 0.0737. The van der Waals surface area contributed by atoms with Crippen LogP contribution >= 0.6 is 0 Å². The molecule has 1 heteroatoms. The molecule has 0 heterocycles. The van der Waals surface area contributed by atoms with Crippen LogP contribution in [0, 0.1) is 0 Å². The van der Waals surface area contributed by atoms with E-state index in [1.165, 1.54) is 32.7 Å². The molecular weight excluding hydrogens is 460 g/mol. The number of carbonyl (C=O) groups excluding carboxylic acids is 1. The van der Waals surface area contributed by atoms with Crippen molar-refractivity contribution in [3.63, 3.8) is 0 Å². The van der Waals surface area contributed by atoms with Gasteiger partial charge < -0.3 is 0 Å². The fourth-order valence-electron chi connectivity index (χ4n) is 6.09. The van der Waals surface area contributed by atoms with Crippen molar-refractivity contribution in [2.45, 2.75) is 12.8 Å². The van der Waals surface area contributed by atoms with E-state index in [4.69, 9.17) is 0 Å². The summed E-state index contributed by atoms with van der Waals surface area (Å²) in [7, 11) is 0. The summed E-state index contributed by atoms with van der Waals surface area (Å²) in [5.41, 5.74) is 4.20. The molecule has 7 aromatic rings. The zero-order valence-corrected chi connectivity index (χ0v) is 21.0. The predicted molar refractivity (Wildman–Crippen MR) is 160 cm³/mol.